The molecule has 0 aromatic heterocycles. The first kappa shape index (κ1) is 20.4. The Morgan fingerprint density at radius 1 is 1.23 bits per heavy atom. The van der Waals surface area contributed by atoms with Crippen LogP contribution in [0.4, 0.5) is 5.69 Å². The predicted molar refractivity (Wildman–Crippen MR) is 109 cm³/mol. The van der Waals surface area contributed by atoms with Gasteiger partial charge in [0.2, 0.25) is 0 Å². The average Bonchev–Trinajstić information content (AvgIpc) is 2.67. The van der Waals surface area contributed by atoms with Crippen LogP contribution in [0.1, 0.15) is 33.1 Å². The molecule has 26 heavy (non-hydrogen) atoms. The number of hydrogen-bond donors (Lipinski definition) is 2. The van der Waals surface area contributed by atoms with Gasteiger partial charge in [-0.3, -0.25) is 4.99 Å². The lowest BCUT2D eigenvalue weighted by Gasteiger charge is -2.32. The molecule has 0 amide bonds. The summed E-state index contributed by atoms with van der Waals surface area (Å²) >= 11 is 0. The van der Waals surface area contributed by atoms with Gasteiger partial charge in [0.1, 0.15) is 0 Å². The highest BCUT2D eigenvalue weighted by Gasteiger charge is 2.18. The first-order valence-corrected chi connectivity index (χ1v) is 9.71. The van der Waals surface area contributed by atoms with Crippen molar-refractivity contribution in [2.75, 3.05) is 52.3 Å². The number of methoxy groups -OCH3 is 1. The van der Waals surface area contributed by atoms with Crippen LogP contribution in [0.25, 0.3) is 0 Å². The summed E-state index contributed by atoms with van der Waals surface area (Å²) in [6.07, 6.45) is 3.74. The maximum Gasteiger partial charge on any atom is 0.195 e. The quantitative estimate of drug-likeness (QED) is 0.549. The predicted octanol–water partition coefficient (Wildman–Crippen LogP) is 3.20. The maximum atomic E-state index is 5.56. The van der Waals surface area contributed by atoms with Crippen molar-refractivity contribution in [2.45, 2.75) is 33.1 Å². The fourth-order valence-corrected chi connectivity index (χ4v) is 3.31. The first-order valence-electron chi connectivity index (χ1n) is 9.71. The Morgan fingerprint density at radius 2 is 2.00 bits per heavy atom. The van der Waals surface area contributed by atoms with E-state index >= 15 is 0 Å². The number of piperidine rings is 1. The van der Waals surface area contributed by atoms with Crippen molar-refractivity contribution in [1.29, 1.82) is 0 Å². The van der Waals surface area contributed by atoms with Crippen molar-refractivity contribution in [3.63, 3.8) is 0 Å². The van der Waals surface area contributed by atoms with Crippen molar-refractivity contribution in [2.24, 2.45) is 10.9 Å². The second-order valence-corrected chi connectivity index (χ2v) is 6.66. The number of nitrogens with zero attached hydrogens (tertiary/aromatic N) is 2. The van der Waals surface area contributed by atoms with E-state index in [1.54, 1.807) is 14.2 Å². The van der Waals surface area contributed by atoms with Gasteiger partial charge in [-0.1, -0.05) is 6.92 Å². The minimum atomic E-state index is 0.615. The third-order valence-corrected chi connectivity index (χ3v) is 4.75. The molecule has 6 heteroatoms. The van der Waals surface area contributed by atoms with E-state index < -0.39 is 0 Å². The smallest absolute Gasteiger partial charge is 0.195 e. The van der Waals surface area contributed by atoms with Crippen molar-refractivity contribution in [3.8, 4) is 11.5 Å². The Kier molecular flexibility index (Phi) is 8.54. The molecule has 1 aromatic carbocycles. The van der Waals surface area contributed by atoms with Crippen LogP contribution in [0, 0.1) is 5.92 Å². The van der Waals surface area contributed by atoms with Gasteiger partial charge in [0, 0.05) is 25.3 Å². The van der Waals surface area contributed by atoms with Crippen LogP contribution in [0.2, 0.25) is 0 Å². The lowest BCUT2D eigenvalue weighted by atomic mass is 9.97. The van der Waals surface area contributed by atoms with E-state index in [9.17, 15) is 0 Å². The van der Waals surface area contributed by atoms with Gasteiger partial charge in [0.25, 0.3) is 0 Å². The molecule has 0 unspecified atom stereocenters. The molecule has 0 spiro atoms. The highest BCUT2D eigenvalue weighted by molar-refractivity contribution is 5.93. The minimum absolute atomic E-state index is 0.615. The normalized spacial score (nSPS) is 16.4. The van der Waals surface area contributed by atoms with E-state index in [4.69, 9.17) is 9.47 Å². The van der Waals surface area contributed by atoms with Crippen molar-refractivity contribution in [3.05, 3.63) is 18.2 Å². The largest absolute Gasteiger partial charge is 0.493 e. The van der Waals surface area contributed by atoms with Crippen LogP contribution in [-0.2, 0) is 0 Å². The highest BCUT2D eigenvalue weighted by atomic mass is 16.5. The summed E-state index contributed by atoms with van der Waals surface area (Å²) in [5.41, 5.74) is 0.927. The average molecular weight is 363 g/mol. The fraction of sp³-hybridized carbons (Fsp3) is 0.650. The summed E-state index contributed by atoms with van der Waals surface area (Å²) in [5, 5.41) is 6.79. The summed E-state index contributed by atoms with van der Waals surface area (Å²) in [5.74, 6) is 2.96. The monoisotopic (exact) mass is 362 g/mol. The van der Waals surface area contributed by atoms with Gasteiger partial charge >= 0.3 is 0 Å². The maximum absolute atomic E-state index is 5.56. The zero-order valence-corrected chi connectivity index (χ0v) is 16.7. The van der Waals surface area contributed by atoms with Gasteiger partial charge in [0.05, 0.1) is 13.7 Å². The van der Waals surface area contributed by atoms with Gasteiger partial charge in [-0.15, -0.1) is 0 Å². The van der Waals surface area contributed by atoms with Crippen molar-refractivity contribution < 1.29 is 9.47 Å². The van der Waals surface area contributed by atoms with Gasteiger partial charge in [-0.2, -0.15) is 0 Å². The van der Waals surface area contributed by atoms with E-state index in [2.05, 4.69) is 27.4 Å². The summed E-state index contributed by atoms with van der Waals surface area (Å²) in [4.78, 5) is 6.90. The Bertz CT molecular complexity index is 569. The topological polar surface area (TPSA) is 58.1 Å². The molecule has 6 nitrogen and oxygen atoms in total. The number of guanidine groups is 1. The molecule has 0 saturated carbocycles. The fourth-order valence-electron chi connectivity index (χ4n) is 3.31. The molecule has 1 aromatic rings. The molecule has 0 radical (unpaired) electrons. The van der Waals surface area contributed by atoms with Crippen LogP contribution in [0.3, 0.4) is 0 Å². The number of ether oxygens (including phenoxy) is 2. The standard InChI is InChI=1S/C20H34N4O2/c1-5-11-24-12-9-16(10-13-24)15-22-20(21-3)23-17-7-8-18(26-6-2)19(14-17)25-4/h7-8,14,16H,5-6,9-13,15H2,1-4H3,(H2,21,22,23). The summed E-state index contributed by atoms with van der Waals surface area (Å²) in [7, 11) is 3.45. The molecular formula is C20H34N4O2. The summed E-state index contributed by atoms with van der Waals surface area (Å²) in [6, 6.07) is 5.83. The molecule has 0 bridgehead atoms. The number of benzene rings is 1. The molecule has 2 rings (SSSR count). The number of likely N-dealkylation sites (tertiary alicyclic amines) is 1. The van der Waals surface area contributed by atoms with E-state index in [1.165, 1.54) is 38.9 Å². The molecular weight excluding hydrogens is 328 g/mol. The Labute approximate surface area is 158 Å². The molecule has 2 N–H and O–H groups in total. The molecule has 1 fully saturated rings. The lowest BCUT2D eigenvalue weighted by Crippen LogP contribution is -2.40. The zero-order valence-electron chi connectivity index (χ0n) is 16.7. The molecule has 146 valence electrons. The van der Waals surface area contributed by atoms with Crippen LogP contribution in [0.15, 0.2) is 23.2 Å². The number of rotatable bonds is 8. The lowest BCUT2D eigenvalue weighted by molar-refractivity contribution is 0.185. The van der Waals surface area contributed by atoms with Gasteiger partial charge in [-0.05, 0) is 63.9 Å². The van der Waals surface area contributed by atoms with Crippen LogP contribution >= 0.6 is 0 Å². The number of hydrogen-bond acceptors (Lipinski definition) is 4. The first-order chi connectivity index (χ1) is 12.7. The van der Waals surface area contributed by atoms with Gasteiger partial charge in [0.15, 0.2) is 17.5 Å². The number of anilines is 1. The molecule has 1 saturated heterocycles. The molecule has 1 aliphatic rings. The third kappa shape index (κ3) is 6.09. The minimum Gasteiger partial charge on any atom is -0.493 e. The number of nitrogens with one attached hydrogen (secondary N) is 2. The second-order valence-electron chi connectivity index (χ2n) is 6.66. The Hall–Kier alpha value is -1.95. The highest BCUT2D eigenvalue weighted by Crippen LogP contribution is 2.30. The number of aliphatic imine (C=N–C) groups is 1. The van der Waals surface area contributed by atoms with E-state index in [0.29, 0.717) is 12.5 Å². The van der Waals surface area contributed by atoms with Crippen LogP contribution in [-0.4, -0.2) is 57.8 Å². The molecule has 0 atom stereocenters. The second kappa shape index (κ2) is 10.9. The Morgan fingerprint density at radius 3 is 2.62 bits per heavy atom. The van der Waals surface area contributed by atoms with Gasteiger partial charge in [-0.25, -0.2) is 0 Å². The molecule has 0 aliphatic carbocycles. The van der Waals surface area contributed by atoms with Crippen LogP contribution in [0.5, 0.6) is 11.5 Å². The molecule has 1 aliphatic heterocycles. The van der Waals surface area contributed by atoms with Crippen molar-refractivity contribution >= 4 is 11.6 Å². The van der Waals surface area contributed by atoms with E-state index in [0.717, 1.165) is 29.7 Å². The van der Waals surface area contributed by atoms with E-state index in [1.807, 2.05) is 25.1 Å². The van der Waals surface area contributed by atoms with Crippen molar-refractivity contribution in [1.82, 2.24) is 10.2 Å². The van der Waals surface area contributed by atoms with Gasteiger partial charge < -0.3 is 25.0 Å². The zero-order chi connectivity index (χ0) is 18.8. The summed E-state index contributed by atoms with van der Waals surface area (Å²) < 4.78 is 11.0. The summed E-state index contributed by atoms with van der Waals surface area (Å²) in [6.45, 7) is 9.42. The molecule has 1 heterocycles. The SMILES string of the molecule is CCCN1CCC(CNC(=NC)Nc2ccc(OCC)c(OC)c2)CC1. The Balaban J connectivity index is 1.84. The van der Waals surface area contributed by atoms with Crippen LogP contribution < -0.4 is 20.1 Å². The van der Waals surface area contributed by atoms with E-state index in [-0.39, 0.29) is 0 Å². The third-order valence-electron chi connectivity index (χ3n) is 4.75.